The van der Waals surface area contributed by atoms with Crippen molar-refractivity contribution < 1.29 is 40.6 Å². The largest absolute Gasteiger partial charge is 0.499 e. The quantitative estimate of drug-likeness (QED) is 0.191. The van der Waals surface area contributed by atoms with Crippen molar-refractivity contribution in [3.63, 3.8) is 0 Å². The maximum absolute atomic E-state index is 13.3. The van der Waals surface area contributed by atoms with Crippen LogP contribution >= 0.6 is 0 Å². The molecule has 1 amide bonds. The number of piperazine rings is 1. The number of methoxy groups -OCH3 is 1. The van der Waals surface area contributed by atoms with Crippen LogP contribution < -0.4 is 9.64 Å². The molecule has 3 heterocycles. The summed E-state index contributed by atoms with van der Waals surface area (Å²) in [6.07, 6.45) is -5.09. The highest BCUT2D eigenvalue weighted by molar-refractivity contribution is 5.91. The van der Waals surface area contributed by atoms with Gasteiger partial charge in [-0.25, -0.2) is 9.97 Å². The Morgan fingerprint density at radius 1 is 1.00 bits per heavy atom. The number of rotatable bonds is 9. The molecule has 2 aromatic rings. The van der Waals surface area contributed by atoms with Crippen LogP contribution in [0.3, 0.4) is 0 Å². The first-order chi connectivity index (χ1) is 19.4. The molecule has 0 aliphatic carbocycles. The lowest BCUT2D eigenvalue weighted by atomic mass is 10.0. The molecule has 2 aliphatic rings. The van der Waals surface area contributed by atoms with Gasteiger partial charge in [0, 0.05) is 51.1 Å². The van der Waals surface area contributed by atoms with Gasteiger partial charge in [0.1, 0.15) is 18.1 Å². The Morgan fingerprint density at radius 3 is 2.24 bits per heavy atom. The highest BCUT2D eigenvalue weighted by Crippen LogP contribution is 2.30. The molecule has 222 valence electrons. The Hall–Kier alpha value is -4.04. The summed E-state index contributed by atoms with van der Waals surface area (Å²) in [5.74, 6) is 0.454. The summed E-state index contributed by atoms with van der Waals surface area (Å²) in [4.78, 5) is 23.2. The Labute approximate surface area is 232 Å². The van der Waals surface area contributed by atoms with E-state index in [9.17, 15) is 31.1 Å². The molecule has 1 atom stereocenters. The Balaban J connectivity index is 1.23. The van der Waals surface area contributed by atoms with Crippen LogP contribution in [0.5, 0.6) is 5.75 Å². The number of halogens is 6. The summed E-state index contributed by atoms with van der Waals surface area (Å²) in [7, 11) is 1.53. The first-order valence-electron chi connectivity index (χ1n) is 12.7. The van der Waals surface area contributed by atoms with E-state index >= 15 is 0 Å². The second kappa shape index (κ2) is 12.6. The minimum atomic E-state index is -4.53. The van der Waals surface area contributed by atoms with E-state index in [1.54, 1.807) is 29.2 Å². The standard InChI is InChI=1S/C26H28F6N6O3/c1-40-21-4-2-18(3-5-21)14-20-15-22(26(30,31)32)35-38(20)11-13-41-12-6-23(39)36-7-9-37(10-8-36)24-33-16-19(17-34-24)25(27,28)29/h2-6,12,16-17,20H,7-11,13-15H2,1H3. The summed E-state index contributed by atoms with van der Waals surface area (Å²) in [6.45, 7) is 1.35. The topological polar surface area (TPSA) is 83.4 Å². The third-order valence-electron chi connectivity index (χ3n) is 6.64. The molecule has 0 spiro atoms. The number of benzene rings is 1. The lowest BCUT2D eigenvalue weighted by Crippen LogP contribution is -2.48. The van der Waals surface area contributed by atoms with Crippen LogP contribution in [-0.4, -0.2) is 90.2 Å². The molecule has 1 fully saturated rings. The number of hydrogen-bond donors (Lipinski definition) is 0. The van der Waals surface area contributed by atoms with E-state index in [0.717, 1.165) is 18.0 Å². The van der Waals surface area contributed by atoms with Crippen LogP contribution in [0, 0.1) is 0 Å². The lowest BCUT2D eigenvalue weighted by Gasteiger charge is -2.34. The molecule has 15 heteroatoms. The van der Waals surface area contributed by atoms with E-state index in [1.165, 1.54) is 29.4 Å². The van der Waals surface area contributed by atoms with Crippen LogP contribution in [0.1, 0.15) is 17.5 Å². The molecule has 1 saturated heterocycles. The van der Waals surface area contributed by atoms with Crippen LogP contribution in [0.4, 0.5) is 32.3 Å². The van der Waals surface area contributed by atoms with E-state index < -0.39 is 29.7 Å². The summed E-state index contributed by atoms with van der Waals surface area (Å²) in [5, 5.41) is 5.14. The number of aromatic nitrogens is 2. The van der Waals surface area contributed by atoms with Crippen LogP contribution in [0.25, 0.3) is 0 Å². The number of nitrogens with zero attached hydrogens (tertiary/aromatic N) is 6. The van der Waals surface area contributed by atoms with Gasteiger partial charge in [0.05, 0.1) is 31.5 Å². The molecule has 0 N–H and O–H groups in total. The molecular weight excluding hydrogens is 558 g/mol. The minimum Gasteiger partial charge on any atom is -0.499 e. The third-order valence-corrected chi connectivity index (χ3v) is 6.64. The van der Waals surface area contributed by atoms with Crippen molar-refractivity contribution in [3.8, 4) is 5.75 Å². The number of hydrogen-bond acceptors (Lipinski definition) is 8. The fourth-order valence-corrected chi connectivity index (χ4v) is 4.41. The van der Waals surface area contributed by atoms with Gasteiger partial charge in [0.2, 0.25) is 11.9 Å². The average molecular weight is 587 g/mol. The van der Waals surface area contributed by atoms with Crippen molar-refractivity contribution in [2.45, 2.75) is 31.2 Å². The van der Waals surface area contributed by atoms with E-state index in [2.05, 4.69) is 15.1 Å². The summed E-state index contributed by atoms with van der Waals surface area (Å²) >= 11 is 0. The van der Waals surface area contributed by atoms with Gasteiger partial charge >= 0.3 is 12.4 Å². The molecule has 2 aliphatic heterocycles. The maximum atomic E-state index is 13.3. The van der Waals surface area contributed by atoms with Crippen molar-refractivity contribution in [3.05, 3.63) is 60.1 Å². The first kappa shape index (κ1) is 29.9. The molecule has 0 radical (unpaired) electrons. The fourth-order valence-electron chi connectivity index (χ4n) is 4.41. The summed E-state index contributed by atoms with van der Waals surface area (Å²) < 4.78 is 88.6. The highest BCUT2D eigenvalue weighted by Gasteiger charge is 2.42. The van der Waals surface area contributed by atoms with Gasteiger partial charge in [-0.1, -0.05) is 12.1 Å². The number of ether oxygens (including phenoxy) is 2. The highest BCUT2D eigenvalue weighted by atomic mass is 19.4. The molecule has 1 unspecified atom stereocenters. The number of amides is 1. The van der Waals surface area contributed by atoms with Crippen LogP contribution in [-0.2, 0) is 22.1 Å². The molecular formula is C26H28F6N6O3. The smallest absolute Gasteiger partial charge is 0.431 e. The van der Waals surface area contributed by atoms with Crippen molar-refractivity contribution in [1.82, 2.24) is 19.9 Å². The minimum absolute atomic E-state index is 0.0105. The lowest BCUT2D eigenvalue weighted by molar-refractivity contribution is -0.138. The van der Waals surface area contributed by atoms with Gasteiger partial charge in [0.15, 0.2) is 0 Å². The predicted octanol–water partition coefficient (Wildman–Crippen LogP) is 3.92. The molecule has 1 aromatic heterocycles. The Bertz CT molecular complexity index is 1230. The van der Waals surface area contributed by atoms with Gasteiger partial charge in [-0.15, -0.1) is 0 Å². The van der Waals surface area contributed by atoms with Crippen molar-refractivity contribution >= 4 is 17.6 Å². The molecule has 0 bridgehead atoms. The zero-order valence-electron chi connectivity index (χ0n) is 22.0. The average Bonchev–Trinajstić information content (AvgIpc) is 3.36. The van der Waals surface area contributed by atoms with E-state index in [0.29, 0.717) is 38.3 Å². The molecule has 41 heavy (non-hydrogen) atoms. The third kappa shape index (κ3) is 8.01. The van der Waals surface area contributed by atoms with Crippen molar-refractivity contribution in [2.75, 3.05) is 51.3 Å². The van der Waals surface area contributed by atoms with Crippen molar-refractivity contribution in [2.24, 2.45) is 5.10 Å². The molecule has 9 nitrogen and oxygen atoms in total. The molecule has 4 rings (SSSR count). The Morgan fingerprint density at radius 2 is 1.66 bits per heavy atom. The van der Waals surface area contributed by atoms with Crippen molar-refractivity contribution in [1.29, 1.82) is 0 Å². The van der Waals surface area contributed by atoms with Gasteiger partial charge in [-0.3, -0.25) is 9.80 Å². The van der Waals surface area contributed by atoms with Gasteiger partial charge in [0.25, 0.3) is 0 Å². The van der Waals surface area contributed by atoms with E-state index in [4.69, 9.17) is 9.47 Å². The molecule has 0 saturated carbocycles. The predicted molar refractivity (Wildman–Crippen MR) is 136 cm³/mol. The number of alkyl halides is 6. The number of carbonyl (C=O) groups excluding carboxylic acids is 1. The first-order valence-corrected chi connectivity index (χ1v) is 12.7. The Kier molecular flexibility index (Phi) is 9.23. The summed E-state index contributed by atoms with van der Waals surface area (Å²) in [6, 6.07) is 6.58. The van der Waals surface area contributed by atoms with Gasteiger partial charge in [-0.2, -0.15) is 31.4 Å². The normalized spacial score (nSPS) is 18.2. The van der Waals surface area contributed by atoms with Crippen LogP contribution in [0.2, 0.25) is 0 Å². The monoisotopic (exact) mass is 586 g/mol. The van der Waals surface area contributed by atoms with Gasteiger partial charge in [-0.05, 0) is 24.1 Å². The second-order valence-corrected chi connectivity index (χ2v) is 9.37. The fraction of sp³-hybridized carbons (Fsp3) is 0.462. The van der Waals surface area contributed by atoms with E-state index in [1.807, 2.05) is 0 Å². The summed E-state index contributed by atoms with van der Waals surface area (Å²) in [5.41, 5.74) is -0.941. The van der Waals surface area contributed by atoms with E-state index in [-0.39, 0.29) is 31.4 Å². The second-order valence-electron chi connectivity index (χ2n) is 9.37. The SMILES string of the molecule is COc1ccc(CC2CC(C(F)(F)F)=NN2CCOC=CC(=O)N2CCN(c3ncc(C(F)(F)F)cn3)CC2)cc1. The zero-order valence-corrected chi connectivity index (χ0v) is 22.0. The van der Waals surface area contributed by atoms with Crippen LogP contribution in [0.15, 0.2) is 54.1 Å². The number of anilines is 1. The number of carbonyl (C=O) groups is 1. The maximum Gasteiger partial charge on any atom is 0.431 e. The van der Waals surface area contributed by atoms with Gasteiger partial charge < -0.3 is 19.3 Å². The number of hydrazone groups is 1. The molecule has 1 aromatic carbocycles. The zero-order chi connectivity index (χ0) is 29.6.